The summed E-state index contributed by atoms with van der Waals surface area (Å²) in [6.07, 6.45) is -0.823. The second kappa shape index (κ2) is 7.57. The lowest BCUT2D eigenvalue weighted by Gasteiger charge is -2.10. The highest BCUT2D eigenvalue weighted by atomic mass is 19.4. The van der Waals surface area contributed by atoms with E-state index >= 15 is 0 Å². The highest BCUT2D eigenvalue weighted by Gasteiger charge is 2.43. The van der Waals surface area contributed by atoms with Gasteiger partial charge in [-0.3, -0.25) is 14.5 Å². The molecule has 0 bridgehead atoms. The molecule has 36 heavy (non-hydrogen) atoms. The van der Waals surface area contributed by atoms with E-state index in [1.807, 2.05) is 0 Å². The van der Waals surface area contributed by atoms with Gasteiger partial charge in [0.25, 0.3) is 5.56 Å². The number of rotatable bonds is 4. The predicted molar refractivity (Wildman–Crippen MR) is 115 cm³/mol. The van der Waals surface area contributed by atoms with E-state index in [9.17, 15) is 31.5 Å². The minimum Gasteiger partial charge on any atom is -0.313 e. The first-order valence-electron chi connectivity index (χ1n) is 10.7. The van der Waals surface area contributed by atoms with Gasteiger partial charge in [0.1, 0.15) is 12.4 Å². The molecule has 2 atom stereocenters. The summed E-state index contributed by atoms with van der Waals surface area (Å²) in [5.41, 5.74) is -0.460. The summed E-state index contributed by atoms with van der Waals surface area (Å²) in [7, 11) is 0. The molecular formula is C22H14F5N7O2. The molecule has 4 aromatic heterocycles. The van der Waals surface area contributed by atoms with Gasteiger partial charge in [0, 0.05) is 17.1 Å². The number of imidazole rings is 1. The molecule has 1 aliphatic rings. The van der Waals surface area contributed by atoms with Crippen LogP contribution in [0, 0.1) is 11.8 Å². The van der Waals surface area contributed by atoms with Gasteiger partial charge in [0.15, 0.2) is 5.65 Å². The fraction of sp³-hybridized carbons (Fsp3) is 0.227. The molecule has 2 N–H and O–H groups in total. The minimum absolute atomic E-state index is 0.0216. The molecule has 14 heteroatoms. The van der Waals surface area contributed by atoms with Crippen LogP contribution in [0.3, 0.4) is 0 Å². The van der Waals surface area contributed by atoms with Crippen molar-refractivity contribution in [3.63, 3.8) is 0 Å². The molecule has 5 aromatic rings. The van der Waals surface area contributed by atoms with Gasteiger partial charge < -0.3 is 4.98 Å². The summed E-state index contributed by atoms with van der Waals surface area (Å²) in [6.45, 7) is -1.31. The van der Waals surface area contributed by atoms with Crippen molar-refractivity contribution >= 4 is 16.6 Å². The van der Waals surface area contributed by atoms with E-state index in [-0.39, 0.29) is 39.3 Å². The molecule has 4 heterocycles. The van der Waals surface area contributed by atoms with Gasteiger partial charge in [0.05, 0.1) is 29.2 Å². The minimum atomic E-state index is -4.50. The molecule has 1 saturated carbocycles. The maximum absolute atomic E-state index is 15.0. The largest absolute Gasteiger partial charge is 0.408 e. The number of fused-ring (bicyclic) bond motifs is 2. The topological polar surface area (TPSA) is 114 Å². The van der Waals surface area contributed by atoms with E-state index < -0.39 is 41.7 Å². The van der Waals surface area contributed by atoms with E-state index in [4.69, 9.17) is 0 Å². The molecule has 184 valence electrons. The Kier molecular flexibility index (Phi) is 4.65. The summed E-state index contributed by atoms with van der Waals surface area (Å²) in [4.78, 5) is 32.1. The van der Waals surface area contributed by atoms with Crippen molar-refractivity contribution in [2.45, 2.75) is 31.0 Å². The monoisotopic (exact) mass is 503 g/mol. The summed E-state index contributed by atoms with van der Waals surface area (Å²) in [6, 6.07) is 4.01. The van der Waals surface area contributed by atoms with Crippen molar-refractivity contribution in [2.75, 3.05) is 0 Å². The molecule has 1 aromatic carbocycles. The average molecular weight is 503 g/mol. The van der Waals surface area contributed by atoms with Crippen LogP contribution in [0.15, 0.2) is 46.4 Å². The van der Waals surface area contributed by atoms with Crippen molar-refractivity contribution in [2.24, 2.45) is 0 Å². The first kappa shape index (κ1) is 22.1. The normalized spacial score (nSPS) is 17.8. The second-order valence-electron chi connectivity index (χ2n) is 8.59. The molecule has 0 spiro atoms. The molecular weight excluding hydrogens is 489 g/mol. The van der Waals surface area contributed by atoms with E-state index in [0.717, 1.165) is 27.7 Å². The fourth-order valence-corrected chi connectivity index (χ4v) is 4.55. The van der Waals surface area contributed by atoms with Crippen LogP contribution in [-0.4, -0.2) is 40.5 Å². The van der Waals surface area contributed by atoms with Gasteiger partial charge in [-0.1, -0.05) is 0 Å². The maximum atomic E-state index is 15.0. The number of aromatic nitrogens is 7. The average Bonchev–Trinajstić information content (AvgIpc) is 3.38. The SMILES string of the molecule is O=c1[nH]cc(-c2cc([C@H]3C[C@@H]3c3cc4c(cnn4CC(F)(F)F)cc3F)c3ncc(F)n3n2)c(=O)[nH]1. The zero-order chi connectivity index (χ0) is 25.4. The highest BCUT2D eigenvalue weighted by Crippen LogP contribution is 2.56. The molecule has 9 nitrogen and oxygen atoms in total. The maximum Gasteiger partial charge on any atom is 0.408 e. The fourth-order valence-electron chi connectivity index (χ4n) is 4.55. The summed E-state index contributed by atoms with van der Waals surface area (Å²) < 4.78 is 69.9. The number of nitrogens with one attached hydrogen (secondary N) is 2. The lowest BCUT2D eigenvalue weighted by atomic mass is 10.0. The van der Waals surface area contributed by atoms with Crippen molar-refractivity contribution < 1.29 is 22.0 Å². The quantitative estimate of drug-likeness (QED) is 0.366. The molecule has 0 aliphatic heterocycles. The Balaban J connectivity index is 1.44. The molecule has 0 radical (unpaired) electrons. The molecule has 6 rings (SSSR count). The van der Waals surface area contributed by atoms with E-state index in [0.29, 0.717) is 12.0 Å². The standard InChI is InChI=1S/C22H14F5N7O2/c23-15-1-9-5-30-33(8-22(25,26)27)17(9)4-12(15)10-2-11(10)13-3-16(14-6-29-21(36)31-20(14)35)32-34-18(24)7-28-19(13)34/h1,3-7,10-11H,2,8H2,(H2,29,31,35,36)/t10-,11-/m0/s1. The molecule has 1 fully saturated rings. The summed E-state index contributed by atoms with van der Waals surface area (Å²) in [5.74, 6) is -2.20. The Bertz CT molecular complexity index is 1780. The third kappa shape index (κ3) is 3.65. The number of hydrogen-bond acceptors (Lipinski definition) is 5. The Morgan fingerprint density at radius 2 is 1.83 bits per heavy atom. The van der Waals surface area contributed by atoms with Crippen molar-refractivity contribution in [3.8, 4) is 11.3 Å². The van der Waals surface area contributed by atoms with Gasteiger partial charge in [-0.05, 0) is 42.0 Å². The third-order valence-electron chi connectivity index (χ3n) is 6.23. The van der Waals surface area contributed by atoms with Crippen LogP contribution in [0.5, 0.6) is 0 Å². The zero-order valence-corrected chi connectivity index (χ0v) is 18.0. The number of aromatic amines is 2. The molecule has 0 amide bonds. The number of benzene rings is 1. The summed E-state index contributed by atoms with van der Waals surface area (Å²) >= 11 is 0. The van der Waals surface area contributed by atoms with Gasteiger partial charge in [-0.15, -0.1) is 0 Å². The smallest absolute Gasteiger partial charge is 0.313 e. The van der Waals surface area contributed by atoms with E-state index in [2.05, 4.69) is 25.1 Å². The highest BCUT2D eigenvalue weighted by molar-refractivity contribution is 5.80. The first-order valence-corrected chi connectivity index (χ1v) is 10.7. The number of alkyl halides is 3. The van der Waals surface area contributed by atoms with Gasteiger partial charge in [-0.25, -0.2) is 14.2 Å². The number of H-pyrrole nitrogens is 2. The molecule has 0 unspecified atom stereocenters. The van der Waals surface area contributed by atoms with Crippen LogP contribution in [0.25, 0.3) is 27.8 Å². The van der Waals surface area contributed by atoms with E-state index in [1.54, 1.807) is 0 Å². The lowest BCUT2D eigenvalue weighted by Crippen LogP contribution is -2.23. The predicted octanol–water partition coefficient (Wildman–Crippen LogP) is 3.23. The zero-order valence-electron chi connectivity index (χ0n) is 18.0. The van der Waals surface area contributed by atoms with Gasteiger partial charge >= 0.3 is 11.9 Å². The van der Waals surface area contributed by atoms with Crippen molar-refractivity contribution in [1.82, 2.24) is 34.3 Å². The van der Waals surface area contributed by atoms with Crippen LogP contribution in [0.4, 0.5) is 22.0 Å². The van der Waals surface area contributed by atoms with Crippen LogP contribution in [0.2, 0.25) is 0 Å². The lowest BCUT2D eigenvalue weighted by molar-refractivity contribution is -0.141. The molecule has 1 aliphatic carbocycles. The van der Waals surface area contributed by atoms with Gasteiger partial charge in [-0.2, -0.15) is 32.3 Å². The Morgan fingerprint density at radius 3 is 2.58 bits per heavy atom. The third-order valence-corrected chi connectivity index (χ3v) is 6.23. The number of nitrogens with zero attached hydrogens (tertiary/aromatic N) is 5. The van der Waals surface area contributed by atoms with E-state index in [1.165, 1.54) is 18.3 Å². The van der Waals surface area contributed by atoms with Gasteiger partial charge in [0.2, 0.25) is 5.95 Å². The first-order chi connectivity index (χ1) is 17.1. The van der Waals surface area contributed by atoms with Crippen LogP contribution >= 0.6 is 0 Å². The Hall–Kier alpha value is -4.36. The Labute approximate surface area is 196 Å². The van der Waals surface area contributed by atoms with Crippen LogP contribution in [0.1, 0.15) is 29.4 Å². The summed E-state index contributed by atoms with van der Waals surface area (Å²) in [5, 5.41) is 8.07. The molecule has 0 saturated heterocycles. The number of hydrogen-bond donors (Lipinski definition) is 2. The number of halogens is 5. The van der Waals surface area contributed by atoms with Crippen molar-refractivity contribution in [1.29, 1.82) is 0 Å². The van der Waals surface area contributed by atoms with Crippen LogP contribution in [-0.2, 0) is 6.54 Å². The Morgan fingerprint density at radius 1 is 1.06 bits per heavy atom. The van der Waals surface area contributed by atoms with Crippen LogP contribution < -0.4 is 11.2 Å². The second-order valence-corrected chi connectivity index (χ2v) is 8.59. The van der Waals surface area contributed by atoms with Crippen molar-refractivity contribution in [3.05, 3.63) is 80.5 Å².